The number of rotatable bonds is 7. The molecule has 0 saturated heterocycles. The maximum atomic E-state index is 12.5. The average Bonchev–Trinajstić information content (AvgIpc) is 2.64. The predicted molar refractivity (Wildman–Crippen MR) is 100.0 cm³/mol. The highest BCUT2D eigenvalue weighted by atomic mass is 16.5. The summed E-state index contributed by atoms with van der Waals surface area (Å²) in [5.41, 5.74) is 2.72. The van der Waals surface area contributed by atoms with E-state index in [9.17, 15) is 4.79 Å². The third-order valence-corrected chi connectivity index (χ3v) is 3.98. The average molecular weight is 340 g/mol. The second-order valence-corrected chi connectivity index (χ2v) is 5.93. The molecule has 4 heteroatoms. The lowest BCUT2D eigenvalue weighted by Gasteiger charge is -2.13. The van der Waals surface area contributed by atoms with Crippen LogP contribution in [-0.2, 0) is 0 Å². The Bertz CT molecular complexity index is 733. The fourth-order valence-electron chi connectivity index (χ4n) is 2.48. The number of hydrogen-bond donors (Lipinski definition) is 0. The molecule has 0 bridgehead atoms. The van der Waals surface area contributed by atoms with Crippen LogP contribution in [0.4, 0.5) is 0 Å². The Kier molecular flexibility index (Phi) is 6.23. The fourth-order valence-corrected chi connectivity index (χ4v) is 2.48. The summed E-state index contributed by atoms with van der Waals surface area (Å²) in [6, 6.07) is 11.5. The Balaban J connectivity index is 2.25. The van der Waals surface area contributed by atoms with Crippen molar-refractivity contribution in [1.82, 2.24) is 0 Å². The first-order valence-electron chi connectivity index (χ1n) is 8.12. The smallest absolute Gasteiger partial charge is 0.203 e. The first kappa shape index (κ1) is 18.6. The van der Waals surface area contributed by atoms with Crippen LogP contribution < -0.4 is 14.2 Å². The topological polar surface area (TPSA) is 44.8 Å². The standard InChI is InChI=1S/C21H24O4/c1-14(2)16-9-6-15(7-10-16)8-11-18(22)17-12-19(23-3)21(25-5)20(13-17)24-4/h6-14H,1-5H3/b11-8+. The van der Waals surface area contributed by atoms with Crippen molar-refractivity contribution in [2.75, 3.05) is 21.3 Å². The lowest BCUT2D eigenvalue weighted by atomic mass is 10.0. The number of methoxy groups -OCH3 is 3. The van der Waals surface area contributed by atoms with Crippen LogP contribution in [0.2, 0.25) is 0 Å². The zero-order valence-electron chi connectivity index (χ0n) is 15.3. The van der Waals surface area contributed by atoms with Gasteiger partial charge in [-0.2, -0.15) is 0 Å². The van der Waals surface area contributed by atoms with Crippen molar-refractivity contribution in [3.63, 3.8) is 0 Å². The molecule has 4 nitrogen and oxygen atoms in total. The van der Waals surface area contributed by atoms with Gasteiger partial charge in [0.1, 0.15) is 0 Å². The van der Waals surface area contributed by atoms with Gasteiger partial charge in [0.15, 0.2) is 17.3 Å². The summed E-state index contributed by atoms with van der Waals surface area (Å²) in [5.74, 6) is 1.74. The Morgan fingerprint density at radius 3 is 1.92 bits per heavy atom. The van der Waals surface area contributed by atoms with E-state index in [2.05, 4.69) is 26.0 Å². The minimum Gasteiger partial charge on any atom is -0.493 e. The molecular weight excluding hydrogens is 316 g/mol. The van der Waals surface area contributed by atoms with Crippen molar-refractivity contribution in [3.05, 3.63) is 59.2 Å². The van der Waals surface area contributed by atoms with Gasteiger partial charge in [-0.25, -0.2) is 0 Å². The van der Waals surface area contributed by atoms with Crippen LogP contribution in [0.15, 0.2) is 42.5 Å². The largest absolute Gasteiger partial charge is 0.493 e. The van der Waals surface area contributed by atoms with Gasteiger partial charge in [0.25, 0.3) is 0 Å². The highest BCUT2D eigenvalue weighted by Gasteiger charge is 2.15. The highest BCUT2D eigenvalue weighted by molar-refractivity contribution is 6.07. The van der Waals surface area contributed by atoms with E-state index < -0.39 is 0 Å². The lowest BCUT2D eigenvalue weighted by molar-refractivity contribution is 0.104. The number of ether oxygens (including phenoxy) is 3. The van der Waals surface area contributed by atoms with Crippen molar-refractivity contribution >= 4 is 11.9 Å². The Morgan fingerprint density at radius 1 is 0.920 bits per heavy atom. The summed E-state index contributed by atoms with van der Waals surface area (Å²) in [6.45, 7) is 4.30. The maximum absolute atomic E-state index is 12.5. The van der Waals surface area contributed by atoms with Gasteiger partial charge < -0.3 is 14.2 Å². The molecule has 0 aliphatic carbocycles. The molecule has 0 N–H and O–H groups in total. The Hall–Kier alpha value is -2.75. The molecule has 25 heavy (non-hydrogen) atoms. The number of ketones is 1. The number of carbonyl (C=O) groups excluding carboxylic acids is 1. The molecule has 0 unspecified atom stereocenters. The van der Waals surface area contributed by atoms with Crippen LogP contribution in [0.5, 0.6) is 17.2 Å². The molecule has 0 atom stereocenters. The zero-order valence-corrected chi connectivity index (χ0v) is 15.3. The quantitative estimate of drug-likeness (QED) is 0.540. The van der Waals surface area contributed by atoms with Crippen molar-refractivity contribution in [2.45, 2.75) is 19.8 Å². The summed E-state index contributed by atoms with van der Waals surface area (Å²) in [5, 5.41) is 0. The lowest BCUT2D eigenvalue weighted by Crippen LogP contribution is -2.00. The minimum atomic E-state index is -0.132. The second kappa shape index (κ2) is 8.38. The van der Waals surface area contributed by atoms with E-state index in [1.165, 1.54) is 26.9 Å². The van der Waals surface area contributed by atoms with Crippen LogP contribution in [0.3, 0.4) is 0 Å². The van der Waals surface area contributed by atoms with Crippen LogP contribution in [0, 0.1) is 0 Å². The van der Waals surface area contributed by atoms with Gasteiger partial charge in [0.05, 0.1) is 21.3 Å². The zero-order chi connectivity index (χ0) is 18.4. The summed E-state index contributed by atoms with van der Waals surface area (Å²) >= 11 is 0. The minimum absolute atomic E-state index is 0.132. The van der Waals surface area contributed by atoms with E-state index in [4.69, 9.17) is 14.2 Å². The molecule has 0 radical (unpaired) electrons. The second-order valence-electron chi connectivity index (χ2n) is 5.93. The number of carbonyl (C=O) groups is 1. The van der Waals surface area contributed by atoms with Crippen LogP contribution >= 0.6 is 0 Å². The molecule has 0 fully saturated rings. The van der Waals surface area contributed by atoms with Gasteiger partial charge in [0, 0.05) is 5.56 Å². The molecule has 0 saturated carbocycles. The first-order valence-corrected chi connectivity index (χ1v) is 8.12. The van der Waals surface area contributed by atoms with E-state index in [0.29, 0.717) is 28.7 Å². The van der Waals surface area contributed by atoms with Gasteiger partial charge in [0.2, 0.25) is 5.75 Å². The van der Waals surface area contributed by atoms with Gasteiger partial charge in [-0.1, -0.05) is 44.2 Å². The molecule has 2 aromatic rings. The van der Waals surface area contributed by atoms with E-state index in [-0.39, 0.29) is 5.78 Å². The van der Waals surface area contributed by atoms with E-state index >= 15 is 0 Å². The van der Waals surface area contributed by atoms with Gasteiger partial charge in [-0.15, -0.1) is 0 Å². The molecule has 0 spiro atoms. The predicted octanol–water partition coefficient (Wildman–Crippen LogP) is 4.73. The Labute approximate surface area is 149 Å². The molecule has 0 heterocycles. The van der Waals surface area contributed by atoms with Gasteiger partial charge in [-0.3, -0.25) is 4.79 Å². The molecule has 132 valence electrons. The molecule has 2 aromatic carbocycles. The van der Waals surface area contributed by atoms with E-state index in [0.717, 1.165) is 5.56 Å². The molecule has 0 aliphatic heterocycles. The first-order chi connectivity index (χ1) is 12.0. The Morgan fingerprint density at radius 2 is 1.48 bits per heavy atom. The van der Waals surface area contributed by atoms with Crippen LogP contribution in [0.1, 0.15) is 41.3 Å². The van der Waals surface area contributed by atoms with Gasteiger partial charge in [-0.05, 0) is 35.3 Å². The summed E-state index contributed by atoms with van der Waals surface area (Å²) in [6.07, 6.45) is 3.35. The number of hydrogen-bond acceptors (Lipinski definition) is 4. The summed E-state index contributed by atoms with van der Waals surface area (Å²) < 4.78 is 15.8. The van der Waals surface area contributed by atoms with Crippen LogP contribution in [-0.4, -0.2) is 27.1 Å². The third kappa shape index (κ3) is 4.41. The number of benzene rings is 2. The van der Waals surface area contributed by atoms with Crippen molar-refractivity contribution in [3.8, 4) is 17.2 Å². The van der Waals surface area contributed by atoms with Crippen LogP contribution in [0.25, 0.3) is 6.08 Å². The van der Waals surface area contributed by atoms with Crippen molar-refractivity contribution in [2.24, 2.45) is 0 Å². The SMILES string of the molecule is COc1cc(C(=O)/C=C/c2ccc(C(C)C)cc2)cc(OC)c1OC. The monoisotopic (exact) mass is 340 g/mol. The molecule has 0 aromatic heterocycles. The summed E-state index contributed by atoms with van der Waals surface area (Å²) in [4.78, 5) is 12.5. The molecule has 0 amide bonds. The summed E-state index contributed by atoms with van der Waals surface area (Å²) in [7, 11) is 4.58. The highest BCUT2D eigenvalue weighted by Crippen LogP contribution is 2.38. The molecule has 2 rings (SSSR count). The fraction of sp³-hybridized carbons (Fsp3) is 0.286. The van der Waals surface area contributed by atoms with Crippen molar-refractivity contribution in [1.29, 1.82) is 0 Å². The normalized spacial score (nSPS) is 11.0. The third-order valence-electron chi connectivity index (χ3n) is 3.98. The van der Waals surface area contributed by atoms with Gasteiger partial charge >= 0.3 is 0 Å². The molecular formula is C21H24O4. The van der Waals surface area contributed by atoms with Crippen molar-refractivity contribution < 1.29 is 19.0 Å². The van der Waals surface area contributed by atoms with E-state index in [1.807, 2.05) is 12.1 Å². The van der Waals surface area contributed by atoms with E-state index in [1.54, 1.807) is 24.3 Å². The molecule has 0 aliphatic rings. The number of allylic oxidation sites excluding steroid dienone is 1. The maximum Gasteiger partial charge on any atom is 0.203 e.